The monoisotopic (exact) mass is 284 g/mol. The van der Waals surface area contributed by atoms with Crippen molar-refractivity contribution in [3.05, 3.63) is 65.0 Å². The van der Waals surface area contributed by atoms with E-state index in [0.717, 1.165) is 37.2 Å². The van der Waals surface area contributed by atoms with Crippen molar-refractivity contribution in [2.45, 2.75) is 25.8 Å². The van der Waals surface area contributed by atoms with E-state index < -0.39 is 0 Å². The SMILES string of the molecule is C[C@H](N)c1cc(F)ccc1N1CCc2ccccc2CC1. The predicted octanol–water partition coefficient (Wildman–Crippen LogP) is 3.45. The minimum Gasteiger partial charge on any atom is -0.371 e. The summed E-state index contributed by atoms with van der Waals surface area (Å²) in [4.78, 5) is 2.33. The first kappa shape index (κ1) is 14.1. The van der Waals surface area contributed by atoms with Crippen LogP contribution < -0.4 is 10.6 Å². The van der Waals surface area contributed by atoms with Gasteiger partial charge in [-0.3, -0.25) is 0 Å². The third-order valence-electron chi connectivity index (χ3n) is 4.24. The molecule has 0 saturated carbocycles. The number of hydrogen-bond donors (Lipinski definition) is 1. The lowest BCUT2D eigenvalue weighted by molar-refractivity contribution is 0.621. The molecule has 3 heteroatoms. The molecule has 0 bridgehead atoms. The molecule has 21 heavy (non-hydrogen) atoms. The molecule has 1 heterocycles. The topological polar surface area (TPSA) is 29.3 Å². The van der Waals surface area contributed by atoms with Crippen molar-refractivity contribution >= 4 is 5.69 Å². The van der Waals surface area contributed by atoms with E-state index in [1.807, 2.05) is 13.0 Å². The molecule has 2 N–H and O–H groups in total. The van der Waals surface area contributed by atoms with E-state index in [1.54, 1.807) is 6.07 Å². The van der Waals surface area contributed by atoms with Gasteiger partial charge in [0.15, 0.2) is 0 Å². The molecular formula is C18H21FN2. The Kier molecular flexibility index (Phi) is 3.93. The first-order chi connectivity index (χ1) is 10.1. The van der Waals surface area contributed by atoms with Gasteiger partial charge in [0.2, 0.25) is 0 Å². The maximum atomic E-state index is 13.5. The first-order valence-electron chi connectivity index (χ1n) is 7.52. The van der Waals surface area contributed by atoms with Crippen molar-refractivity contribution < 1.29 is 4.39 Å². The van der Waals surface area contributed by atoms with Gasteiger partial charge in [0.05, 0.1) is 0 Å². The fraction of sp³-hybridized carbons (Fsp3) is 0.333. The minimum atomic E-state index is -0.218. The van der Waals surface area contributed by atoms with Crippen LogP contribution in [0.15, 0.2) is 42.5 Å². The second-order valence-corrected chi connectivity index (χ2v) is 5.75. The number of rotatable bonds is 2. The number of nitrogens with zero attached hydrogens (tertiary/aromatic N) is 1. The van der Waals surface area contributed by atoms with Gasteiger partial charge in [-0.25, -0.2) is 4.39 Å². The summed E-state index contributed by atoms with van der Waals surface area (Å²) in [6.07, 6.45) is 2.04. The molecule has 1 atom stereocenters. The molecule has 0 radical (unpaired) electrons. The van der Waals surface area contributed by atoms with Crippen LogP contribution >= 0.6 is 0 Å². The van der Waals surface area contributed by atoms with Gasteiger partial charge < -0.3 is 10.6 Å². The predicted molar refractivity (Wildman–Crippen MR) is 85.1 cm³/mol. The van der Waals surface area contributed by atoms with Gasteiger partial charge in [0.1, 0.15) is 5.82 Å². The normalized spacial score (nSPS) is 16.2. The fourth-order valence-corrected chi connectivity index (χ4v) is 3.09. The van der Waals surface area contributed by atoms with Gasteiger partial charge in [-0.2, -0.15) is 0 Å². The average molecular weight is 284 g/mol. The second kappa shape index (κ2) is 5.86. The lowest BCUT2D eigenvalue weighted by Gasteiger charge is -2.26. The molecule has 110 valence electrons. The van der Waals surface area contributed by atoms with E-state index in [1.165, 1.54) is 17.2 Å². The highest BCUT2D eigenvalue weighted by Gasteiger charge is 2.18. The zero-order valence-electron chi connectivity index (χ0n) is 12.3. The highest BCUT2D eigenvalue weighted by molar-refractivity contribution is 5.56. The molecule has 2 aromatic rings. The Morgan fingerprint density at radius 1 is 1.05 bits per heavy atom. The zero-order chi connectivity index (χ0) is 14.8. The molecule has 0 spiro atoms. The third-order valence-corrected chi connectivity index (χ3v) is 4.24. The highest BCUT2D eigenvalue weighted by atomic mass is 19.1. The quantitative estimate of drug-likeness (QED) is 0.915. The van der Waals surface area contributed by atoms with Crippen LogP contribution in [0.4, 0.5) is 10.1 Å². The Bertz CT molecular complexity index is 610. The average Bonchev–Trinajstić information content (AvgIpc) is 2.70. The summed E-state index contributed by atoms with van der Waals surface area (Å²) >= 11 is 0. The molecule has 0 aliphatic carbocycles. The van der Waals surface area contributed by atoms with E-state index in [0.29, 0.717) is 0 Å². The third kappa shape index (κ3) is 2.93. The van der Waals surface area contributed by atoms with E-state index in [-0.39, 0.29) is 11.9 Å². The van der Waals surface area contributed by atoms with Gasteiger partial charge in [0.25, 0.3) is 0 Å². The molecule has 3 rings (SSSR count). The maximum absolute atomic E-state index is 13.5. The van der Waals surface area contributed by atoms with Crippen LogP contribution in [-0.2, 0) is 12.8 Å². The standard InChI is InChI=1S/C18H21FN2/c1-13(20)17-12-16(19)6-7-18(17)21-10-8-14-4-2-3-5-15(14)9-11-21/h2-7,12-13H,8-11,20H2,1H3/t13-/m0/s1. The maximum Gasteiger partial charge on any atom is 0.123 e. The number of hydrogen-bond acceptors (Lipinski definition) is 2. The second-order valence-electron chi connectivity index (χ2n) is 5.75. The lowest BCUT2D eigenvalue weighted by atomic mass is 10.0. The van der Waals surface area contributed by atoms with E-state index in [4.69, 9.17) is 5.73 Å². The summed E-state index contributed by atoms with van der Waals surface area (Å²) in [5, 5.41) is 0. The van der Waals surface area contributed by atoms with Gasteiger partial charge in [0, 0.05) is 24.8 Å². The van der Waals surface area contributed by atoms with Gasteiger partial charge >= 0.3 is 0 Å². The van der Waals surface area contributed by atoms with Crippen LogP contribution in [-0.4, -0.2) is 13.1 Å². The van der Waals surface area contributed by atoms with E-state index in [9.17, 15) is 4.39 Å². The van der Waals surface area contributed by atoms with Crippen molar-refractivity contribution in [3.63, 3.8) is 0 Å². The van der Waals surface area contributed by atoms with Crippen molar-refractivity contribution in [2.24, 2.45) is 5.73 Å². The molecule has 0 saturated heterocycles. The van der Waals surface area contributed by atoms with E-state index in [2.05, 4.69) is 29.2 Å². The smallest absolute Gasteiger partial charge is 0.123 e. The van der Waals surface area contributed by atoms with Crippen molar-refractivity contribution in [1.82, 2.24) is 0 Å². The summed E-state index contributed by atoms with van der Waals surface area (Å²) in [6.45, 7) is 3.80. The Balaban J connectivity index is 1.89. The van der Waals surface area contributed by atoms with Crippen LogP contribution in [0.5, 0.6) is 0 Å². The Labute approximate surface area is 125 Å². The van der Waals surface area contributed by atoms with Crippen molar-refractivity contribution in [3.8, 4) is 0 Å². The van der Waals surface area contributed by atoms with Crippen LogP contribution in [0.1, 0.15) is 29.7 Å². The molecule has 0 aromatic heterocycles. The van der Waals surface area contributed by atoms with Crippen LogP contribution in [0.25, 0.3) is 0 Å². The number of anilines is 1. The number of halogens is 1. The molecular weight excluding hydrogens is 263 g/mol. The van der Waals surface area contributed by atoms with Gasteiger partial charge in [-0.15, -0.1) is 0 Å². The number of nitrogens with two attached hydrogens (primary N) is 1. The van der Waals surface area contributed by atoms with Gasteiger partial charge in [-0.1, -0.05) is 24.3 Å². The number of fused-ring (bicyclic) bond motifs is 1. The summed E-state index contributed by atoms with van der Waals surface area (Å²) in [7, 11) is 0. The summed E-state index contributed by atoms with van der Waals surface area (Å²) in [5.41, 5.74) is 10.8. The highest BCUT2D eigenvalue weighted by Crippen LogP contribution is 2.28. The van der Waals surface area contributed by atoms with Crippen molar-refractivity contribution in [2.75, 3.05) is 18.0 Å². The lowest BCUT2D eigenvalue weighted by Crippen LogP contribution is -2.28. The van der Waals surface area contributed by atoms with E-state index >= 15 is 0 Å². The van der Waals surface area contributed by atoms with Gasteiger partial charge in [-0.05, 0) is 54.7 Å². The first-order valence-corrected chi connectivity index (χ1v) is 7.52. The number of benzene rings is 2. The Morgan fingerprint density at radius 3 is 2.24 bits per heavy atom. The molecule has 0 amide bonds. The molecule has 2 nitrogen and oxygen atoms in total. The largest absolute Gasteiger partial charge is 0.371 e. The molecule has 0 fully saturated rings. The Morgan fingerprint density at radius 2 is 1.67 bits per heavy atom. The minimum absolute atomic E-state index is 0.165. The molecule has 1 aliphatic heterocycles. The molecule has 1 aliphatic rings. The summed E-state index contributed by atoms with van der Waals surface area (Å²) in [6, 6.07) is 13.4. The summed E-state index contributed by atoms with van der Waals surface area (Å²) in [5.74, 6) is -0.218. The van der Waals surface area contributed by atoms with Crippen LogP contribution in [0.2, 0.25) is 0 Å². The zero-order valence-corrected chi connectivity index (χ0v) is 12.3. The van der Waals surface area contributed by atoms with Crippen LogP contribution in [0.3, 0.4) is 0 Å². The van der Waals surface area contributed by atoms with Crippen molar-refractivity contribution in [1.29, 1.82) is 0 Å². The Hall–Kier alpha value is -1.87. The fourth-order valence-electron chi connectivity index (χ4n) is 3.09. The van der Waals surface area contributed by atoms with Crippen LogP contribution in [0, 0.1) is 5.82 Å². The molecule has 2 aromatic carbocycles. The molecule has 0 unspecified atom stereocenters. The summed E-state index contributed by atoms with van der Waals surface area (Å²) < 4.78 is 13.5.